The molecule has 1 aliphatic carbocycles. The van der Waals surface area contributed by atoms with E-state index >= 15 is 0 Å². The molecule has 1 aliphatic heterocycles. The fourth-order valence-corrected chi connectivity index (χ4v) is 5.17. The van der Waals surface area contributed by atoms with Crippen LogP contribution in [0.2, 0.25) is 5.02 Å². The molecule has 0 bridgehead atoms. The highest BCUT2D eigenvalue weighted by Gasteiger charge is 2.56. The van der Waals surface area contributed by atoms with Crippen LogP contribution in [0.3, 0.4) is 0 Å². The van der Waals surface area contributed by atoms with Crippen molar-refractivity contribution in [2.24, 2.45) is 11.3 Å². The highest BCUT2D eigenvalue weighted by Crippen LogP contribution is 2.46. The van der Waals surface area contributed by atoms with E-state index in [0.29, 0.717) is 23.6 Å². The van der Waals surface area contributed by atoms with Gasteiger partial charge in [-0.15, -0.1) is 0 Å². The predicted octanol–water partition coefficient (Wildman–Crippen LogP) is 2.87. The van der Waals surface area contributed by atoms with Crippen molar-refractivity contribution in [3.05, 3.63) is 29.3 Å². The molecule has 9 heteroatoms. The maximum absolute atomic E-state index is 13.2. The molecule has 0 radical (unpaired) electrons. The lowest BCUT2D eigenvalue weighted by Gasteiger charge is -2.43. The third-order valence-electron chi connectivity index (χ3n) is 5.83. The standard InChI is InChI=1S/C22H29ClN4O4/c1-14-9-21(2,3)13-22(10-14)19(30)27(20(31)25-22)12-18(29)26(4)11-17(28)24-16-7-5-6-15(23)8-16/h5-8,14H,9-13H2,1-4H3,(H,24,28)(H,25,31). The normalized spacial score (nSPS) is 24.8. The van der Waals surface area contributed by atoms with Crippen LogP contribution in [-0.4, -0.2) is 59.2 Å². The largest absolute Gasteiger partial charge is 0.335 e. The summed E-state index contributed by atoms with van der Waals surface area (Å²) in [6.45, 7) is 5.63. The molecule has 1 saturated carbocycles. The number of rotatable bonds is 5. The monoisotopic (exact) mass is 448 g/mol. The number of hydrogen-bond donors (Lipinski definition) is 2. The molecule has 2 fully saturated rings. The van der Waals surface area contributed by atoms with E-state index < -0.39 is 29.9 Å². The van der Waals surface area contributed by atoms with Crippen LogP contribution in [0, 0.1) is 11.3 Å². The van der Waals surface area contributed by atoms with Gasteiger partial charge in [-0.25, -0.2) is 4.79 Å². The number of carbonyl (C=O) groups is 4. The average Bonchev–Trinajstić information content (AvgIpc) is 2.83. The zero-order chi connectivity index (χ0) is 23.0. The second kappa shape index (κ2) is 8.49. The number of nitrogens with zero attached hydrogens (tertiary/aromatic N) is 2. The minimum atomic E-state index is -0.957. The number of likely N-dealkylation sites (N-methyl/N-ethyl adjacent to an activating group) is 1. The van der Waals surface area contributed by atoms with Crippen LogP contribution in [0.15, 0.2) is 24.3 Å². The second-order valence-corrected chi connectivity index (χ2v) is 10.0. The first kappa shape index (κ1) is 23.1. The van der Waals surface area contributed by atoms with Gasteiger partial charge >= 0.3 is 6.03 Å². The van der Waals surface area contributed by atoms with E-state index in [2.05, 4.69) is 31.4 Å². The lowest BCUT2D eigenvalue weighted by molar-refractivity contribution is -0.140. The molecule has 5 amide bonds. The number of halogens is 1. The van der Waals surface area contributed by atoms with Crippen molar-refractivity contribution in [2.45, 2.75) is 45.6 Å². The van der Waals surface area contributed by atoms with E-state index in [0.717, 1.165) is 11.3 Å². The van der Waals surface area contributed by atoms with Crippen molar-refractivity contribution in [3.8, 4) is 0 Å². The molecule has 1 aromatic carbocycles. The third kappa shape index (κ3) is 5.18. The van der Waals surface area contributed by atoms with Gasteiger partial charge in [-0.3, -0.25) is 19.3 Å². The minimum absolute atomic E-state index is 0.0875. The topological polar surface area (TPSA) is 98.8 Å². The van der Waals surface area contributed by atoms with Gasteiger partial charge in [0.1, 0.15) is 12.1 Å². The van der Waals surface area contributed by atoms with Crippen molar-refractivity contribution in [1.29, 1.82) is 0 Å². The van der Waals surface area contributed by atoms with E-state index in [4.69, 9.17) is 11.6 Å². The molecule has 1 aromatic rings. The molecule has 2 atom stereocenters. The fraction of sp³-hybridized carbons (Fsp3) is 0.545. The maximum atomic E-state index is 13.2. The van der Waals surface area contributed by atoms with Gasteiger partial charge < -0.3 is 15.5 Å². The van der Waals surface area contributed by atoms with Crippen LogP contribution in [0.25, 0.3) is 0 Å². The lowest BCUT2D eigenvalue weighted by atomic mass is 9.64. The Hall–Kier alpha value is -2.61. The van der Waals surface area contributed by atoms with Gasteiger partial charge in [0.15, 0.2) is 0 Å². The third-order valence-corrected chi connectivity index (χ3v) is 6.07. The zero-order valence-corrected chi connectivity index (χ0v) is 19.1. The Kier molecular flexibility index (Phi) is 6.32. The summed E-state index contributed by atoms with van der Waals surface area (Å²) in [6.07, 6.45) is 2.07. The van der Waals surface area contributed by atoms with Crippen LogP contribution in [0.1, 0.15) is 40.0 Å². The molecule has 31 heavy (non-hydrogen) atoms. The molecule has 2 aliphatic rings. The first-order valence-corrected chi connectivity index (χ1v) is 10.7. The van der Waals surface area contributed by atoms with E-state index in [1.165, 1.54) is 11.9 Å². The average molecular weight is 449 g/mol. The van der Waals surface area contributed by atoms with Crippen molar-refractivity contribution >= 4 is 41.0 Å². The highest BCUT2D eigenvalue weighted by atomic mass is 35.5. The summed E-state index contributed by atoms with van der Waals surface area (Å²) in [5, 5.41) is 6.00. The summed E-state index contributed by atoms with van der Waals surface area (Å²) >= 11 is 5.90. The number of nitrogens with one attached hydrogen (secondary N) is 2. The van der Waals surface area contributed by atoms with Crippen LogP contribution in [0.5, 0.6) is 0 Å². The van der Waals surface area contributed by atoms with Crippen molar-refractivity contribution < 1.29 is 19.2 Å². The van der Waals surface area contributed by atoms with Gasteiger partial charge in [0.25, 0.3) is 5.91 Å². The van der Waals surface area contributed by atoms with Gasteiger partial charge in [-0.05, 0) is 48.8 Å². The summed E-state index contributed by atoms with van der Waals surface area (Å²) in [5.41, 5.74) is -0.528. The van der Waals surface area contributed by atoms with Gasteiger partial charge in [-0.1, -0.05) is 38.4 Å². The van der Waals surface area contributed by atoms with Gasteiger partial charge in [0.2, 0.25) is 11.8 Å². The number of anilines is 1. The van der Waals surface area contributed by atoms with Crippen molar-refractivity contribution in [3.63, 3.8) is 0 Å². The summed E-state index contributed by atoms with van der Waals surface area (Å²) in [7, 11) is 1.46. The van der Waals surface area contributed by atoms with E-state index in [9.17, 15) is 19.2 Å². The number of hydrogen-bond acceptors (Lipinski definition) is 4. The molecule has 1 saturated heterocycles. The number of imide groups is 1. The molecule has 2 N–H and O–H groups in total. The fourth-order valence-electron chi connectivity index (χ4n) is 4.98. The Labute approximate surface area is 187 Å². The molecule has 3 rings (SSSR count). The number of carbonyl (C=O) groups excluding carboxylic acids is 4. The van der Waals surface area contributed by atoms with Gasteiger partial charge in [0, 0.05) is 17.8 Å². The number of amides is 5. The highest BCUT2D eigenvalue weighted by molar-refractivity contribution is 6.30. The summed E-state index contributed by atoms with van der Waals surface area (Å²) in [5.74, 6) is -0.983. The number of benzene rings is 1. The summed E-state index contributed by atoms with van der Waals surface area (Å²) in [4.78, 5) is 52.8. The Bertz CT molecular complexity index is 919. The minimum Gasteiger partial charge on any atom is -0.335 e. The first-order chi connectivity index (χ1) is 14.4. The SMILES string of the molecule is CC1CC(C)(C)CC2(C1)NC(=O)N(CC(=O)N(C)CC(=O)Nc1cccc(Cl)c1)C2=O. The smallest absolute Gasteiger partial charge is 0.325 e. The van der Waals surface area contributed by atoms with Crippen molar-refractivity contribution in [1.82, 2.24) is 15.1 Å². The summed E-state index contributed by atoms with van der Waals surface area (Å²) in [6, 6.07) is 6.12. The molecule has 1 heterocycles. The van der Waals surface area contributed by atoms with Crippen molar-refractivity contribution in [2.75, 3.05) is 25.5 Å². The first-order valence-electron chi connectivity index (χ1n) is 10.3. The van der Waals surface area contributed by atoms with Gasteiger partial charge in [0.05, 0.1) is 6.54 Å². The molecular weight excluding hydrogens is 420 g/mol. The second-order valence-electron chi connectivity index (χ2n) is 9.57. The van der Waals surface area contributed by atoms with E-state index in [1.54, 1.807) is 24.3 Å². The Morgan fingerprint density at radius 2 is 2.00 bits per heavy atom. The molecule has 1 spiro atoms. The van der Waals surface area contributed by atoms with E-state index in [1.807, 2.05) is 0 Å². The quantitative estimate of drug-likeness (QED) is 0.676. The maximum Gasteiger partial charge on any atom is 0.325 e. The van der Waals surface area contributed by atoms with Crippen LogP contribution >= 0.6 is 11.6 Å². The van der Waals surface area contributed by atoms with Crippen LogP contribution < -0.4 is 10.6 Å². The van der Waals surface area contributed by atoms with Crippen LogP contribution in [-0.2, 0) is 14.4 Å². The zero-order valence-electron chi connectivity index (χ0n) is 18.3. The predicted molar refractivity (Wildman–Crippen MR) is 117 cm³/mol. The Balaban J connectivity index is 1.61. The van der Waals surface area contributed by atoms with Crippen LogP contribution in [0.4, 0.5) is 10.5 Å². The molecule has 8 nitrogen and oxygen atoms in total. The molecule has 0 aromatic heterocycles. The molecule has 168 valence electrons. The Morgan fingerprint density at radius 1 is 1.29 bits per heavy atom. The Morgan fingerprint density at radius 3 is 2.65 bits per heavy atom. The molecule has 2 unspecified atom stereocenters. The lowest BCUT2D eigenvalue weighted by Crippen LogP contribution is -2.54. The summed E-state index contributed by atoms with van der Waals surface area (Å²) < 4.78 is 0. The number of urea groups is 1. The van der Waals surface area contributed by atoms with Gasteiger partial charge in [-0.2, -0.15) is 0 Å². The molecular formula is C22H29ClN4O4. The van der Waals surface area contributed by atoms with E-state index in [-0.39, 0.29) is 23.8 Å².